The zero-order chi connectivity index (χ0) is 10.1. The fraction of sp³-hybridized carbons (Fsp3) is 1.00. The topological polar surface area (TPSA) is 12.0 Å². The van der Waals surface area contributed by atoms with E-state index in [-0.39, 0.29) is 6.04 Å². The second kappa shape index (κ2) is 3.86. The number of nitrogens with one attached hydrogen (secondary N) is 1. The van der Waals surface area contributed by atoms with Crippen LogP contribution in [0.5, 0.6) is 0 Å². The molecule has 0 spiro atoms. The first-order valence-electron chi connectivity index (χ1n) is 4.68. The first kappa shape index (κ1) is 10.8. The molecule has 1 fully saturated rings. The van der Waals surface area contributed by atoms with E-state index < -0.39 is 12.7 Å². The van der Waals surface area contributed by atoms with E-state index in [9.17, 15) is 13.2 Å². The second-order valence-electron chi connectivity index (χ2n) is 4.17. The summed E-state index contributed by atoms with van der Waals surface area (Å²) >= 11 is 0. The maximum absolute atomic E-state index is 11.8. The lowest BCUT2D eigenvalue weighted by atomic mass is 9.74. The van der Waals surface area contributed by atoms with Crippen molar-refractivity contribution in [1.82, 2.24) is 5.32 Å². The molecule has 0 atom stereocenters. The molecule has 1 aliphatic rings. The molecule has 0 heterocycles. The van der Waals surface area contributed by atoms with E-state index in [1.54, 1.807) is 0 Å². The number of rotatable bonds is 3. The summed E-state index contributed by atoms with van der Waals surface area (Å²) in [7, 11) is 0. The summed E-state index contributed by atoms with van der Waals surface area (Å²) in [5.74, 6) is 1.22. The maximum Gasteiger partial charge on any atom is 0.401 e. The van der Waals surface area contributed by atoms with Gasteiger partial charge in [-0.2, -0.15) is 13.2 Å². The first-order chi connectivity index (χ1) is 5.88. The quantitative estimate of drug-likeness (QED) is 0.729. The third kappa shape index (κ3) is 3.55. The second-order valence-corrected chi connectivity index (χ2v) is 4.17. The third-order valence-corrected chi connectivity index (χ3v) is 2.71. The van der Waals surface area contributed by atoms with Gasteiger partial charge in [0.1, 0.15) is 0 Å². The number of hydrogen-bond donors (Lipinski definition) is 1. The lowest BCUT2D eigenvalue weighted by Gasteiger charge is -2.38. The predicted molar refractivity (Wildman–Crippen MR) is 45.4 cm³/mol. The van der Waals surface area contributed by atoms with Crippen molar-refractivity contribution in [3.63, 3.8) is 0 Å². The van der Waals surface area contributed by atoms with E-state index in [1.165, 1.54) is 0 Å². The van der Waals surface area contributed by atoms with Crippen LogP contribution in [-0.4, -0.2) is 18.8 Å². The highest BCUT2D eigenvalue weighted by Crippen LogP contribution is 2.33. The van der Waals surface area contributed by atoms with Crippen LogP contribution in [0.1, 0.15) is 26.7 Å². The van der Waals surface area contributed by atoms with Crippen LogP contribution in [0.2, 0.25) is 0 Å². The lowest BCUT2D eigenvalue weighted by molar-refractivity contribution is -0.128. The molecule has 0 aromatic carbocycles. The molecule has 78 valence electrons. The molecular formula is C9H16F3N. The van der Waals surface area contributed by atoms with Crippen molar-refractivity contribution in [1.29, 1.82) is 0 Å². The SMILES string of the molecule is CC(C)C1CC(NCC(F)(F)F)C1. The van der Waals surface area contributed by atoms with E-state index in [1.807, 2.05) is 0 Å². The summed E-state index contributed by atoms with van der Waals surface area (Å²) in [6, 6.07) is 0.0917. The van der Waals surface area contributed by atoms with Gasteiger partial charge in [0.2, 0.25) is 0 Å². The van der Waals surface area contributed by atoms with Gasteiger partial charge in [-0.3, -0.25) is 0 Å². The van der Waals surface area contributed by atoms with E-state index in [0.29, 0.717) is 11.8 Å². The van der Waals surface area contributed by atoms with Crippen LogP contribution in [0.25, 0.3) is 0 Å². The van der Waals surface area contributed by atoms with Gasteiger partial charge in [0, 0.05) is 6.04 Å². The fourth-order valence-corrected chi connectivity index (χ4v) is 1.63. The Morgan fingerprint density at radius 2 is 1.85 bits per heavy atom. The molecule has 1 rings (SSSR count). The largest absolute Gasteiger partial charge is 0.401 e. The number of halogens is 3. The normalized spacial score (nSPS) is 29.1. The van der Waals surface area contributed by atoms with Crippen molar-refractivity contribution in [2.45, 2.75) is 38.9 Å². The number of alkyl halides is 3. The Kier molecular flexibility index (Phi) is 3.22. The van der Waals surface area contributed by atoms with Gasteiger partial charge in [-0.1, -0.05) is 13.8 Å². The molecule has 13 heavy (non-hydrogen) atoms. The van der Waals surface area contributed by atoms with E-state index in [4.69, 9.17) is 0 Å². The Balaban J connectivity index is 2.09. The molecule has 0 amide bonds. The summed E-state index contributed by atoms with van der Waals surface area (Å²) < 4.78 is 35.3. The highest BCUT2D eigenvalue weighted by molar-refractivity contribution is 4.86. The van der Waals surface area contributed by atoms with Gasteiger partial charge in [-0.25, -0.2) is 0 Å². The minimum Gasteiger partial charge on any atom is -0.306 e. The maximum atomic E-state index is 11.8. The molecule has 1 N–H and O–H groups in total. The van der Waals surface area contributed by atoms with Crippen LogP contribution < -0.4 is 5.32 Å². The van der Waals surface area contributed by atoms with Crippen LogP contribution in [-0.2, 0) is 0 Å². The molecule has 0 unspecified atom stereocenters. The van der Waals surface area contributed by atoms with Crippen molar-refractivity contribution < 1.29 is 13.2 Å². The Labute approximate surface area is 76.7 Å². The van der Waals surface area contributed by atoms with Crippen LogP contribution in [0.15, 0.2) is 0 Å². The molecule has 1 saturated carbocycles. The van der Waals surface area contributed by atoms with Gasteiger partial charge in [-0.05, 0) is 24.7 Å². The lowest BCUT2D eigenvalue weighted by Crippen LogP contribution is -2.46. The van der Waals surface area contributed by atoms with Crippen LogP contribution in [0.4, 0.5) is 13.2 Å². The summed E-state index contributed by atoms with van der Waals surface area (Å²) in [6.45, 7) is 3.39. The molecule has 0 aromatic rings. The Morgan fingerprint density at radius 1 is 1.31 bits per heavy atom. The zero-order valence-corrected chi connectivity index (χ0v) is 7.99. The monoisotopic (exact) mass is 195 g/mol. The Morgan fingerprint density at radius 3 is 2.23 bits per heavy atom. The van der Waals surface area contributed by atoms with Crippen molar-refractivity contribution in [3.05, 3.63) is 0 Å². The van der Waals surface area contributed by atoms with Crippen molar-refractivity contribution >= 4 is 0 Å². The molecule has 0 saturated heterocycles. The van der Waals surface area contributed by atoms with E-state index >= 15 is 0 Å². The van der Waals surface area contributed by atoms with Crippen molar-refractivity contribution in [2.24, 2.45) is 11.8 Å². The highest BCUT2D eigenvalue weighted by atomic mass is 19.4. The van der Waals surface area contributed by atoms with Crippen molar-refractivity contribution in [2.75, 3.05) is 6.54 Å². The van der Waals surface area contributed by atoms with Gasteiger partial charge < -0.3 is 5.32 Å². The molecular weight excluding hydrogens is 179 g/mol. The Hall–Kier alpha value is -0.250. The van der Waals surface area contributed by atoms with Gasteiger partial charge in [0.05, 0.1) is 6.54 Å². The van der Waals surface area contributed by atoms with Gasteiger partial charge in [0.25, 0.3) is 0 Å². The van der Waals surface area contributed by atoms with Crippen LogP contribution in [0.3, 0.4) is 0 Å². The van der Waals surface area contributed by atoms with E-state index in [0.717, 1.165) is 12.8 Å². The summed E-state index contributed by atoms with van der Waals surface area (Å²) in [5, 5.41) is 2.52. The minimum absolute atomic E-state index is 0.0917. The summed E-state index contributed by atoms with van der Waals surface area (Å²) in [4.78, 5) is 0. The fourth-order valence-electron chi connectivity index (χ4n) is 1.63. The van der Waals surface area contributed by atoms with E-state index in [2.05, 4.69) is 19.2 Å². The molecule has 0 aromatic heterocycles. The van der Waals surface area contributed by atoms with Gasteiger partial charge in [0.15, 0.2) is 0 Å². The van der Waals surface area contributed by atoms with Crippen molar-refractivity contribution in [3.8, 4) is 0 Å². The Bertz CT molecular complexity index is 159. The highest BCUT2D eigenvalue weighted by Gasteiger charge is 2.34. The summed E-state index contributed by atoms with van der Waals surface area (Å²) in [6.07, 6.45) is -2.27. The molecule has 0 aliphatic heterocycles. The number of hydrogen-bond acceptors (Lipinski definition) is 1. The van der Waals surface area contributed by atoms with Gasteiger partial charge >= 0.3 is 6.18 Å². The predicted octanol–water partition coefficient (Wildman–Crippen LogP) is 2.57. The average Bonchev–Trinajstić information content (AvgIpc) is 1.79. The van der Waals surface area contributed by atoms with Crippen LogP contribution >= 0.6 is 0 Å². The smallest absolute Gasteiger partial charge is 0.306 e. The molecule has 0 bridgehead atoms. The molecule has 1 nitrogen and oxygen atoms in total. The zero-order valence-electron chi connectivity index (χ0n) is 7.99. The standard InChI is InChI=1S/C9H16F3N/c1-6(2)7-3-8(4-7)13-5-9(10,11)12/h6-8,13H,3-5H2,1-2H3. The molecule has 1 aliphatic carbocycles. The first-order valence-corrected chi connectivity index (χ1v) is 4.68. The molecule has 0 radical (unpaired) electrons. The average molecular weight is 195 g/mol. The summed E-state index contributed by atoms with van der Waals surface area (Å²) in [5.41, 5.74) is 0. The third-order valence-electron chi connectivity index (χ3n) is 2.71. The van der Waals surface area contributed by atoms with Crippen LogP contribution in [0, 0.1) is 11.8 Å². The van der Waals surface area contributed by atoms with Gasteiger partial charge in [-0.15, -0.1) is 0 Å². The minimum atomic E-state index is -4.07. The molecule has 4 heteroatoms.